The van der Waals surface area contributed by atoms with Crippen molar-refractivity contribution in [3.63, 3.8) is 0 Å². The highest BCUT2D eigenvalue weighted by molar-refractivity contribution is 5.20. The van der Waals surface area contributed by atoms with Gasteiger partial charge < -0.3 is 4.74 Å². The van der Waals surface area contributed by atoms with E-state index in [0.29, 0.717) is 12.2 Å². The first-order chi connectivity index (χ1) is 7.24. The monoisotopic (exact) mass is 214 g/mol. The van der Waals surface area contributed by atoms with Crippen molar-refractivity contribution in [1.29, 1.82) is 0 Å². The second-order valence-corrected chi connectivity index (χ2v) is 3.44. The maximum Gasteiger partial charge on any atom is 0.165 e. The maximum atomic E-state index is 13.2. The van der Waals surface area contributed by atoms with E-state index in [2.05, 4.69) is 0 Å². The first kappa shape index (κ1) is 12.0. The topological polar surface area (TPSA) is 9.23 Å². The molecule has 1 aromatic carbocycles. The van der Waals surface area contributed by atoms with Crippen LogP contribution < -0.4 is 4.74 Å². The molecule has 1 nitrogen and oxygen atoms in total. The maximum absolute atomic E-state index is 13.2. The molecule has 15 heavy (non-hydrogen) atoms. The molecule has 1 rings (SSSR count). The molecule has 2 atom stereocenters. The van der Waals surface area contributed by atoms with Crippen LogP contribution in [0.5, 0.6) is 5.75 Å². The summed E-state index contributed by atoms with van der Waals surface area (Å²) < 4.78 is 31.3. The van der Waals surface area contributed by atoms with Gasteiger partial charge in [-0.25, -0.2) is 8.78 Å². The molecule has 0 radical (unpaired) electrons. The van der Waals surface area contributed by atoms with Crippen LogP contribution in [0.4, 0.5) is 8.78 Å². The van der Waals surface area contributed by atoms with Crippen molar-refractivity contribution in [2.75, 3.05) is 6.61 Å². The van der Waals surface area contributed by atoms with E-state index in [1.807, 2.05) is 13.0 Å². The van der Waals surface area contributed by atoms with Gasteiger partial charge in [0.25, 0.3) is 0 Å². The van der Waals surface area contributed by atoms with Crippen LogP contribution >= 0.6 is 0 Å². The molecule has 0 amide bonds. The van der Waals surface area contributed by atoms with Gasteiger partial charge in [0.1, 0.15) is 18.5 Å². The third kappa shape index (κ3) is 4.28. The van der Waals surface area contributed by atoms with Gasteiger partial charge in [-0.15, -0.1) is 0 Å². The minimum Gasteiger partial charge on any atom is -0.490 e. The van der Waals surface area contributed by atoms with Crippen molar-refractivity contribution in [1.82, 2.24) is 0 Å². The fraction of sp³-hybridized carbons (Fsp3) is 0.500. The van der Waals surface area contributed by atoms with E-state index in [1.54, 1.807) is 24.3 Å². The van der Waals surface area contributed by atoms with Gasteiger partial charge in [0, 0.05) is 0 Å². The number of ether oxygens (including phenoxy) is 1. The number of alkyl halides is 2. The van der Waals surface area contributed by atoms with Crippen molar-refractivity contribution in [2.24, 2.45) is 0 Å². The highest BCUT2D eigenvalue weighted by Gasteiger charge is 2.19. The predicted molar refractivity (Wildman–Crippen MR) is 56.6 cm³/mol. The summed E-state index contributed by atoms with van der Waals surface area (Å²) in [5.41, 5.74) is 0. The van der Waals surface area contributed by atoms with E-state index in [1.165, 1.54) is 0 Å². The highest BCUT2D eigenvalue weighted by atomic mass is 19.2. The molecule has 0 N–H and O–H groups in total. The van der Waals surface area contributed by atoms with Gasteiger partial charge in [-0.3, -0.25) is 0 Å². The Balaban J connectivity index is 2.31. The fourth-order valence-electron chi connectivity index (χ4n) is 1.25. The fourth-order valence-corrected chi connectivity index (χ4v) is 1.25. The third-order valence-corrected chi connectivity index (χ3v) is 2.11. The summed E-state index contributed by atoms with van der Waals surface area (Å²) >= 11 is 0. The molecule has 0 unspecified atom stereocenters. The summed E-state index contributed by atoms with van der Waals surface area (Å²) in [6.07, 6.45) is -2.06. The zero-order chi connectivity index (χ0) is 11.1. The van der Waals surface area contributed by atoms with Crippen molar-refractivity contribution in [3.05, 3.63) is 30.3 Å². The molecular formula is C12H16F2O. The minimum atomic E-state index is -1.54. The molecule has 0 saturated carbocycles. The molecule has 0 fully saturated rings. The molecule has 84 valence electrons. The van der Waals surface area contributed by atoms with Crippen LogP contribution in [-0.4, -0.2) is 19.0 Å². The number of hydrogen-bond acceptors (Lipinski definition) is 1. The van der Waals surface area contributed by atoms with Crippen LogP contribution in [0.15, 0.2) is 30.3 Å². The number of hydrogen-bond donors (Lipinski definition) is 0. The molecule has 0 saturated heterocycles. The van der Waals surface area contributed by atoms with Gasteiger partial charge in [0.05, 0.1) is 0 Å². The van der Waals surface area contributed by atoms with E-state index in [-0.39, 0.29) is 13.0 Å². The Hall–Kier alpha value is -1.12. The van der Waals surface area contributed by atoms with Crippen molar-refractivity contribution < 1.29 is 13.5 Å². The quantitative estimate of drug-likeness (QED) is 0.703. The van der Waals surface area contributed by atoms with Crippen molar-refractivity contribution in [2.45, 2.75) is 32.1 Å². The van der Waals surface area contributed by atoms with Crippen molar-refractivity contribution in [3.8, 4) is 5.75 Å². The van der Waals surface area contributed by atoms with E-state index >= 15 is 0 Å². The lowest BCUT2D eigenvalue weighted by Crippen LogP contribution is -2.24. The minimum absolute atomic E-state index is 0.217. The molecule has 1 aromatic rings. The van der Waals surface area contributed by atoms with Gasteiger partial charge >= 0.3 is 0 Å². The zero-order valence-corrected chi connectivity index (χ0v) is 8.83. The average molecular weight is 214 g/mol. The van der Waals surface area contributed by atoms with Gasteiger partial charge in [0.2, 0.25) is 0 Å². The molecule has 0 aliphatic carbocycles. The van der Waals surface area contributed by atoms with Crippen LogP contribution in [0.2, 0.25) is 0 Å². The normalized spacial score (nSPS) is 14.6. The second kappa shape index (κ2) is 6.38. The predicted octanol–water partition coefficient (Wildman–Crippen LogP) is 3.54. The molecule has 0 heterocycles. The van der Waals surface area contributed by atoms with Crippen molar-refractivity contribution >= 4 is 0 Å². The lowest BCUT2D eigenvalue weighted by Gasteiger charge is -2.13. The summed E-state index contributed by atoms with van der Waals surface area (Å²) in [6.45, 7) is 1.61. The van der Waals surface area contributed by atoms with Crippen LogP contribution in [0, 0.1) is 0 Å². The number of rotatable bonds is 6. The molecule has 0 aliphatic rings. The number of benzene rings is 1. The van der Waals surface area contributed by atoms with Gasteiger partial charge in [-0.2, -0.15) is 0 Å². The molecule has 0 aromatic heterocycles. The van der Waals surface area contributed by atoms with Crippen LogP contribution in [-0.2, 0) is 0 Å². The molecule has 0 aliphatic heterocycles. The van der Waals surface area contributed by atoms with Crippen LogP contribution in [0.1, 0.15) is 19.8 Å². The Kier molecular flexibility index (Phi) is 5.08. The summed E-state index contributed by atoms with van der Waals surface area (Å²) in [5.74, 6) is 0.573. The lowest BCUT2D eigenvalue weighted by atomic mass is 10.1. The average Bonchev–Trinajstić information content (AvgIpc) is 2.27. The van der Waals surface area contributed by atoms with Gasteiger partial charge in [0.15, 0.2) is 6.17 Å². The third-order valence-electron chi connectivity index (χ3n) is 2.11. The Labute approximate surface area is 89.1 Å². The van der Waals surface area contributed by atoms with Gasteiger partial charge in [-0.1, -0.05) is 31.5 Å². The Bertz CT molecular complexity index is 264. The summed E-state index contributed by atoms with van der Waals surface area (Å²) in [4.78, 5) is 0. The van der Waals surface area contributed by atoms with E-state index < -0.39 is 12.3 Å². The molecular weight excluding hydrogens is 198 g/mol. The standard InChI is InChI=1S/C12H16F2O/c1-2-6-11(13)12(14)9-15-10-7-4-3-5-8-10/h3-5,7-8,11-12H,2,6,9H2,1H3/t11-,12-/m0/s1. The Morgan fingerprint density at radius 1 is 1.13 bits per heavy atom. The highest BCUT2D eigenvalue weighted by Crippen LogP contribution is 2.14. The van der Waals surface area contributed by atoms with Crippen LogP contribution in [0.3, 0.4) is 0 Å². The largest absolute Gasteiger partial charge is 0.490 e. The Morgan fingerprint density at radius 3 is 2.40 bits per heavy atom. The SMILES string of the molecule is CCC[C@H](F)[C@@H](F)COc1ccccc1. The van der Waals surface area contributed by atoms with E-state index in [9.17, 15) is 8.78 Å². The van der Waals surface area contributed by atoms with E-state index in [0.717, 1.165) is 0 Å². The number of para-hydroxylation sites is 1. The first-order valence-electron chi connectivity index (χ1n) is 5.20. The summed E-state index contributed by atoms with van der Waals surface area (Å²) in [6, 6.07) is 8.87. The lowest BCUT2D eigenvalue weighted by molar-refractivity contribution is 0.103. The van der Waals surface area contributed by atoms with E-state index in [4.69, 9.17) is 4.74 Å². The zero-order valence-electron chi connectivity index (χ0n) is 8.83. The molecule has 0 bridgehead atoms. The molecule has 0 spiro atoms. The number of halogens is 2. The Morgan fingerprint density at radius 2 is 1.80 bits per heavy atom. The first-order valence-corrected chi connectivity index (χ1v) is 5.20. The summed E-state index contributed by atoms with van der Waals surface area (Å²) in [5, 5.41) is 0. The van der Waals surface area contributed by atoms with Crippen LogP contribution in [0.25, 0.3) is 0 Å². The summed E-state index contributed by atoms with van der Waals surface area (Å²) in [7, 11) is 0. The van der Waals surface area contributed by atoms with Gasteiger partial charge in [-0.05, 0) is 18.6 Å². The second-order valence-electron chi connectivity index (χ2n) is 3.44. The molecule has 3 heteroatoms. The smallest absolute Gasteiger partial charge is 0.165 e.